The number of nitrogens with zero attached hydrogens (tertiary/aromatic N) is 7. The SMILES string of the molecule is C[C@H]1CC[C@H](c2ccc3sc(C4CN(C)C4)nc3c2)NC1.Cc1cc(NC(=O)C(=O)N2C[C@@H](C)CC[C@@H]2c2ccc3sc(C4CN(C)C4)nc3c2)cnc1C.Cc1cc(NC(=O)C(=O)O)cnc1C.[2H]CF. The Labute approximate surface area is 425 Å². The number of thiazole rings is 2. The highest BCUT2D eigenvalue weighted by atomic mass is 32.1. The summed E-state index contributed by atoms with van der Waals surface area (Å²) < 4.78 is 18.0. The van der Waals surface area contributed by atoms with Crippen molar-refractivity contribution in [2.75, 3.05) is 71.2 Å². The van der Waals surface area contributed by atoms with Gasteiger partial charge in [-0.1, -0.05) is 26.0 Å². The highest BCUT2D eigenvalue weighted by molar-refractivity contribution is 7.19. The molecule has 4 aliphatic heterocycles. The van der Waals surface area contributed by atoms with Crippen LogP contribution in [0.15, 0.2) is 60.9 Å². The molecule has 10 rings (SSSR count). The zero-order valence-electron chi connectivity index (χ0n) is 42.9. The standard InChI is InChI=1S/C26H31N5O2S.C17H23N3S.C9H10N2O3.CH3F/c1-15-5-7-22(18-6-8-23-21(10-18)29-25(34-23)19-13-30(4)14-19)31(12-15)26(33)24(32)28-20-9-16(2)17(3)27-11-20;1-11-3-5-14(18-8-11)12-4-6-16-15(7-12)19-17(21-16)13-9-20(2)10-13;1-5-3-7(4-10-6(5)2)11-8(12)9(13)14;1-2/h6,8-11,15,19,22H,5,7,12-14H2,1-4H3,(H,28,32);4,6-7,11,13-14,18H,3,5,8-10H2,1-2H3;3-4H,1-2H3,(H,11,12)(H,13,14);1H3/t15-,22+;11-,14+;;/m00../s1/i;;;1D. The van der Waals surface area contributed by atoms with E-state index in [9.17, 15) is 23.6 Å². The first-order valence-electron chi connectivity index (χ1n) is 24.9. The maximum absolute atomic E-state index is 13.3. The van der Waals surface area contributed by atoms with Crippen LogP contribution in [0.2, 0.25) is 0 Å². The lowest BCUT2D eigenvalue weighted by molar-refractivity contribution is -0.147. The smallest absolute Gasteiger partial charge is 0.394 e. The summed E-state index contributed by atoms with van der Waals surface area (Å²) in [4.78, 5) is 71.7. The molecule has 4 aromatic heterocycles. The number of piperidine rings is 2. The van der Waals surface area contributed by atoms with Gasteiger partial charge in [0.25, 0.3) is 0 Å². The Morgan fingerprint density at radius 3 is 1.68 bits per heavy atom. The molecule has 0 unspecified atom stereocenters. The van der Waals surface area contributed by atoms with Crippen LogP contribution in [-0.2, 0) is 19.2 Å². The second-order valence-electron chi connectivity index (χ2n) is 19.7. The Hall–Kier alpha value is -5.79. The fraction of sp³-hybridized carbons (Fsp3) is 0.472. The van der Waals surface area contributed by atoms with E-state index in [4.69, 9.17) is 16.4 Å². The van der Waals surface area contributed by atoms with Gasteiger partial charge in [-0.15, -0.1) is 22.7 Å². The molecular weight excluding hydrogens is 940 g/mol. The normalized spacial score (nSPS) is 20.7. The van der Waals surface area contributed by atoms with Crippen LogP contribution >= 0.6 is 22.7 Å². The summed E-state index contributed by atoms with van der Waals surface area (Å²) in [5.41, 5.74) is 9.20. The molecule has 4 N–H and O–H groups in total. The third-order valence-electron chi connectivity index (χ3n) is 13.8. The Kier molecular flexibility index (Phi) is 17.2. The number of likely N-dealkylation sites (tertiary alicyclic amines) is 3. The van der Waals surface area contributed by atoms with Crippen LogP contribution < -0.4 is 16.0 Å². The van der Waals surface area contributed by atoms with Crippen molar-refractivity contribution in [3.8, 4) is 0 Å². The number of halogens is 1. The average molecular weight is 1010 g/mol. The summed E-state index contributed by atoms with van der Waals surface area (Å²) in [5.74, 6) is -1.35. The van der Waals surface area contributed by atoms with E-state index < -0.39 is 30.8 Å². The zero-order valence-corrected chi connectivity index (χ0v) is 43.6. The minimum atomic E-state index is -1.51. The number of carbonyl (C=O) groups is 4. The van der Waals surface area contributed by atoms with Crippen molar-refractivity contribution in [2.45, 2.75) is 91.1 Å². The van der Waals surface area contributed by atoms with Crippen molar-refractivity contribution in [1.29, 1.82) is 0 Å². The molecule has 0 bridgehead atoms. The highest BCUT2D eigenvalue weighted by Gasteiger charge is 2.35. The number of aliphatic carboxylic acids is 1. The number of carboxylic acid groups (broad SMARTS) is 1. The molecule has 2 aromatic carbocycles. The number of carbonyl (C=O) groups excluding carboxylic acids is 3. The van der Waals surface area contributed by atoms with Gasteiger partial charge in [0.15, 0.2) is 0 Å². The lowest BCUT2D eigenvalue weighted by atomic mass is 9.89. The third kappa shape index (κ3) is 13.2. The number of aryl methyl sites for hydroxylation is 4. The van der Waals surface area contributed by atoms with Gasteiger partial charge >= 0.3 is 23.7 Å². The van der Waals surface area contributed by atoms with Gasteiger partial charge in [0.1, 0.15) is 0 Å². The van der Waals surface area contributed by atoms with E-state index in [1.165, 1.54) is 49.5 Å². The molecule has 8 heterocycles. The fourth-order valence-corrected chi connectivity index (χ4v) is 11.4. The van der Waals surface area contributed by atoms with E-state index in [-0.39, 0.29) is 6.04 Å². The van der Waals surface area contributed by atoms with Crippen LogP contribution in [0.5, 0.6) is 0 Å². The molecule has 71 heavy (non-hydrogen) atoms. The fourth-order valence-electron chi connectivity index (χ4n) is 9.34. The average Bonchev–Trinajstić information content (AvgIpc) is 3.96. The minimum Gasteiger partial charge on any atom is -0.474 e. The van der Waals surface area contributed by atoms with Crippen LogP contribution in [0.25, 0.3) is 20.4 Å². The number of amides is 3. The number of nitrogens with one attached hydrogen (secondary N) is 3. The van der Waals surface area contributed by atoms with Crippen LogP contribution in [0.1, 0.15) is 108 Å². The number of alkyl halides is 1. The summed E-state index contributed by atoms with van der Waals surface area (Å²) in [6.45, 7) is 18.1. The van der Waals surface area contributed by atoms with Crippen LogP contribution in [-0.4, -0.2) is 124 Å². The van der Waals surface area contributed by atoms with Crippen molar-refractivity contribution in [1.82, 2.24) is 40.0 Å². The molecular formula is C53H67FN10O5S2. The first-order chi connectivity index (χ1) is 34.4. The van der Waals surface area contributed by atoms with E-state index in [2.05, 4.69) is 100 Å². The van der Waals surface area contributed by atoms with Crippen molar-refractivity contribution in [2.24, 2.45) is 11.8 Å². The third-order valence-corrected chi connectivity index (χ3v) is 16.2. The number of anilines is 2. The molecule has 3 amide bonds. The van der Waals surface area contributed by atoms with Crippen molar-refractivity contribution >= 4 is 78.2 Å². The van der Waals surface area contributed by atoms with Crippen LogP contribution in [0.3, 0.4) is 0 Å². The number of fused-ring (bicyclic) bond motifs is 2. The minimum absolute atomic E-state index is 0.128. The molecule has 0 aliphatic carbocycles. The number of hydrogen-bond donors (Lipinski definition) is 4. The van der Waals surface area contributed by atoms with Crippen molar-refractivity contribution < 1.29 is 30.0 Å². The monoisotopic (exact) mass is 1010 g/mol. The molecule has 4 atom stereocenters. The van der Waals surface area contributed by atoms with Crippen molar-refractivity contribution in [3.63, 3.8) is 0 Å². The summed E-state index contributed by atoms with van der Waals surface area (Å²) >= 11 is 3.65. The number of pyridine rings is 2. The maximum Gasteiger partial charge on any atom is 0.394 e. The molecule has 0 radical (unpaired) electrons. The first kappa shape index (κ1) is 51.6. The lowest BCUT2D eigenvalue weighted by Crippen LogP contribution is -2.46. The van der Waals surface area contributed by atoms with E-state index in [0.29, 0.717) is 41.7 Å². The van der Waals surface area contributed by atoms with E-state index in [0.717, 1.165) is 85.1 Å². The molecule has 4 saturated heterocycles. The number of hydrogen-bond acceptors (Lipinski definition) is 13. The van der Waals surface area contributed by atoms with E-state index >= 15 is 0 Å². The van der Waals surface area contributed by atoms with Gasteiger partial charge in [-0.2, -0.15) is 0 Å². The molecule has 4 aliphatic rings. The van der Waals surface area contributed by atoms with Gasteiger partial charge in [-0.3, -0.25) is 28.7 Å². The highest BCUT2D eigenvalue weighted by Crippen LogP contribution is 2.38. The molecule has 18 heteroatoms. The predicted octanol–water partition coefficient (Wildman–Crippen LogP) is 8.97. The summed E-state index contributed by atoms with van der Waals surface area (Å²) in [6.07, 6.45) is 7.44. The number of rotatable bonds is 6. The maximum atomic E-state index is 13.3. The lowest BCUT2D eigenvalue weighted by Gasteiger charge is -2.38. The number of carboxylic acids is 1. The van der Waals surface area contributed by atoms with Gasteiger partial charge in [0, 0.05) is 62.0 Å². The topological polar surface area (TPSA) is 186 Å². The number of aromatic nitrogens is 4. The summed E-state index contributed by atoms with van der Waals surface area (Å²) in [6, 6.07) is 17.1. The van der Waals surface area contributed by atoms with Gasteiger partial charge in [0.2, 0.25) is 0 Å². The number of likely N-dealkylation sites (N-methyl/N-ethyl adjacent to an activating group) is 2. The first-order valence-corrected chi connectivity index (χ1v) is 25.8. The largest absolute Gasteiger partial charge is 0.474 e. The van der Waals surface area contributed by atoms with Gasteiger partial charge in [-0.05, 0) is 145 Å². The zero-order chi connectivity index (χ0) is 51.8. The van der Waals surface area contributed by atoms with Gasteiger partial charge in [-0.25, -0.2) is 14.8 Å². The molecule has 6 aromatic rings. The predicted molar refractivity (Wildman–Crippen MR) is 281 cm³/mol. The van der Waals surface area contributed by atoms with Crippen molar-refractivity contribution in [3.05, 3.63) is 105 Å². The van der Waals surface area contributed by atoms with E-state index in [1.54, 1.807) is 28.5 Å². The number of benzene rings is 2. The molecule has 0 spiro atoms. The van der Waals surface area contributed by atoms with E-state index in [1.807, 2.05) is 45.1 Å². The second kappa shape index (κ2) is 23.6. The quantitative estimate of drug-likeness (QED) is 0.116. The van der Waals surface area contributed by atoms with Crippen LogP contribution in [0, 0.1) is 39.5 Å². The van der Waals surface area contributed by atoms with Gasteiger partial charge in [0.05, 0.1) is 68.8 Å². The summed E-state index contributed by atoms with van der Waals surface area (Å²) in [7, 11) is 3.31. The Morgan fingerprint density at radius 1 is 0.704 bits per heavy atom. The Bertz CT molecular complexity index is 2880. The molecule has 15 nitrogen and oxygen atoms in total. The Balaban J connectivity index is 0.000000170. The second-order valence-corrected chi connectivity index (χ2v) is 21.8. The van der Waals surface area contributed by atoms with Crippen LogP contribution in [0.4, 0.5) is 15.8 Å². The molecule has 4 fully saturated rings. The molecule has 0 saturated carbocycles. The molecule has 378 valence electrons. The van der Waals surface area contributed by atoms with Gasteiger partial charge < -0.3 is 35.8 Å². The summed E-state index contributed by atoms with van der Waals surface area (Å²) in [5, 5.41) is 19.5. The Morgan fingerprint density at radius 2 is 1.20 bits per heavy atom.